The standard InChI is InChI=1S/C22H31N5O5/c1-4-6-8-17(28)31-11-14-13(3)15(10-16(14)32-18(29)9-7-5-2)27-12-24-19-20(27)25-22(23)26-21(19)30/h12,14-16H,3-11H2,1-2H3,(H3,23,25,26,30). The van der Waals surface area contributed by atoms with Crippen molar-refractivity contribution in [1.82, 2.24) is 19.5 Å². The molecule has 174 valence electrons. The number of carbonyl (C=O) groups excluding carboxylic acids is 2. The first-order valence-electron chi connectivity index (χ1n) is 11.1. The number of aromatic amines is 1. The Hall–Kier alpha value is -3.17. The van der Waals surface area contributed by atoms with Gasteiger partial charge in [-0.2, -0.15) is 4.98 Å². The Bertz CT molecular complexity index is 1040. The first-order chi connectivity index (χ1) is 15.3. The molecule has 2 aromatic heterocycles. The fourth-order valence-corrected chi connectivity index (χ4v) is 3.95. The summed E-state index contributed by atoms with van der Waals surface area (Å²) in [5, 5.41) is 0. The molecule has 10 heteroatoms. The number of rotatable bonds is 10. The first kappa shape index (κ1) is 23.5. The molecule has 0 radical (unpaired) electrons. The predicted molar refractivity (Wildman–Crippen MR) is 119 cm³/mol. The number of nitrogens with two attached hydrogens (primary N) is 1. The molecule has 0 aromatic carbocycles. The van der Waals surface area contributed by atoms with E-state index in [4.69, 9.17) is 15.2 Å². The fraction of sp³-hybridized carbons (Fsp3) is 0.591. The molecule has 0 amide bonds. The number of aromatic nitrogens is 4. The van der Waals surface area contributed by atoms with Gasteiger partial charge in [-0.25, -0.2) is 4.98 Å². The maximum absolute atomic E-state index is 12.3. The molecule has 2 heterocycles. The van der Waals surface area contributed by atoms with Crippen LogP contribution in [0, 0.1) is 5.92 Å². The largest absolute Gasteiger partial charge is 0.465 e. The van der Waals surface area contributed by atoms with E-state index in [0.29, 0.717) is 24.9 Å². The van der Waals surface area contributed by atoms with Gasteiger partial charge in [-0.15, -0.1) is 0 Å². The lowest BCUT2D eigenvalue weighted by Gasteiger charge is -2.20. The van der Waals surface area contributed by atoms with Crippen molar-refractivity contribution in [1.29, 1.82) is 0 Å². The summed E-state index contributed by atoms with van der Waals surface area (Å²) >= 11 is 0. The van der Waals surface area contributed by atoms with Crippen molar-refractivity contribution in [2.75, 3.05) is 12.3 Å². The van der Waals surface area contributed by atoms with Crippen LogP contribution in [0.15, 0.2) is 23.3 Å². The molecule has 1 saturated carbocycles. The SMILES string of the molecule is C=C1C(COC(=O)CCCC)C(OC(=O)CCCC)CC1n1cnc2c(=O)[nH]c(N)nc21. The summed E-state index contributed by atoms with van der Waals surface area (Å²) in [5.41, 5.74) is 6.50. The van der Waals surface area contributed by atoms with Gasteiger partial charge in [-0.05, 0) is 18.4 Å². The number of nitrogens with one attached hydrogen (secondary N) is 1. The molecule has 0 spiro atoms. The second-order valence-electron chi connectivity index (χ2n) is 8.13. The Morgan fingerprint density at radius 1 is 1.25 bits per heavy atom. The number of nitrogen functional groups attached to an aromatic ring is 1. The summed E-state index contributed by atoms with van der Waals surface area (Å²) in [6, 6.07) is -0.336. The number of ether oxygens (including phenoxy) is 2. The average Bonchev–Trinajstić information content (AvgIpc) is 3.30. The molecule has 3 N–H and O–H groups in total. The third-order valence-corrected chi connectivity index (χ3v) is 5.77. The maximum Gasteiger partial charge on any atom is 0.306 e. The van der Waals surface area contributed by atoms with Crippen LogP contribution < -0.4 is 11.3 Å². The lowest BCUT2D eigenvalue weighted by atomic mass is 10.0. The third-order valence-electron chi connectivity index (χ3n) is 5.77. The zero-order chi connectivity index (χ0) is 23.3. The predicted octanol–water partition coefficient (Wildman–Crippen LogP) is 2.65. The number of H-pyrrole nitrogens is 1. The van der Waals surface area contributed by atoms with E-state index in [9.17, 15) is 14.4 Å². The minimum Gasteiger partial charge on any atom is -0.465 e. The topological polar surface area (TPSA) is 142 Å². The smallest absolute Gasteiger partial charge is 0.306 e. The van der Waals surface area contributed by atoms with E-state index in [0.717, 1.165) is 31.3 Å². The minimum atomic E-state index is -0.507. The van der Waals surface area contributed by atoms with Gasteiger partial charge in [-0.1, -0.05) is 33.3 Å². The van der Waals surface area contributed by atoms with Crippen LogP contribution in [0.1, 0.15) is 64.8 Å². The van der Waals surface area contributed by atoms with Crippen molar-refractivity contribution < 1.29 is 19.1 Å². The van der Waals surface area contributed by atoms with Crippen LogP contribution in [0.2, 0.25) is 0 Å². The lowest BCUT2D eigenvalue weighted by Crippen LogP contribution is -2.27. The summed E-state index contributed by atoms with van der Waals surface area (Å²) in [6.45, 7) is 8.29. The summed E-state index contributed by atoms with van der Waals surface area (Å²) in [4.78, 5) is 47.4. The van der Waals surface area contributed by atoms with Crippen LogP contribution >= 0.6 is 0 Å². The molecule has 10 nitrogen and oxygen atoms in total. The molecule has 32 heavy (non-hydrogen) atoms. The number of fused-ring (bicyclic) bond motifs is 1. The molecular weight excluding hydrogens is 414 g/mol. The van der Waals surface area contributed by atoms with E-state index in [1.165, 1.54) is 6.33 Å². The molecule has 3 unspecified atom stereocenters. The van der Waals surface area contributed by atoms with Crippen LogP contribution in [0.5, 0.6) is 0 Å². The van der Waals surface area contributed by atoms with Crippen molar-refractivity contribution in [2.24, 2.45) is 5.92 Å². The lowest BCUT2D eigenvalue weighted by molar-refractivity contribution is -0.153. The Morgan fingerprint density at radius 2 is 1.94 bits per heavy atom. The molecule has 0 saturated heterocycles. The number of hydrogen-bond acceptors (Lipinski definition) is 8. The van der Waals surface area contributed by atoms with E-state index in [1.54, 1.807) is 4.57 Å². The highest BCUT2D eigenvalue weighted by Crippen LogP contribution is 2.42. The number of nitrogens with zero attached hydrogens (tertiary/aromatic N) is 3. The fourth-order valence-electron chi connectivity index (χ4n) is 3.95. The van der Waals surface area contributed by atoms with Gasteiger partial charge in [-0.3, -0.25) is 19.4 Å². The quantitative estimate of drug-likeness (QED) is 0.420. The van der Waals surface area contributed by atoms with Gasteiger partial charge in [0.25, 0.3) is 5.56 Å². The van der Waals surface area contributed by atoms with Crippen molar-refractivity contribution in [3.05, 3.63) is 28.8 Å². The van der Waals surface area contributed by atoms with Gasteiger partial charge in [0.15, 0.2) is 11.2 Å². The summed E-state index contributed by atoms with van der Waals surface area (Å²) in [5.74, 6) is -0.958. The van der Waals surface area contributed by atoms with Crippen LogP contribution in [0.25, 0.3) is 11.2 Å². The van der Waals surface area contributed by atoms with E-state index in [1.807, 2.05) is 13.8 Å². The average molecular weight is 446 g/mol. The van der Waals surface area contributed by atoms with Crippen molar-refractivity contribution in [2.45, 2.75) is 70.9 Å². The molecular formula is C22H31N5O5. The van der Waals surface area contributed by atoms with E-state index in [-0.39, 0.29) is 42.0 Å². The Kier molecular flexibility index (Phi) is 7.66. The summed E-state index contributed by atoms with van der Waals surface area (Å²) < 4.78 is 13.0. The molecule has 2 aromatic rings. The Morgan fingerprint density at radius 3 is 2.62 bits per heavy atom. The minimum absolute atomic E-state index is 0.0168. The third kappa shape index (κ3) is 5.17. The second-order valence-corrected chi connectivity index (χ2v) is 8.13. The molecule has 3 atom stereocenters. The molecule has 1 aliphatic carbocycles. The Labute approximate surface area is 186 Å². The van der Waals surface area contributed by atoms with E-state index >= 15 is 0 Å². The van der Waals surface area contributed by atoms with E-state index in [2.05, 4.69) is 21.5 Å². The maximum atomic E-state index is 12.3. The van der Waals surface area contributed by atoms with Gasteiger partial charge >= 0.3 is 11.9 Å². The number of hydrogen-bond donors (Lipinski definition) is 2. The normalized spacial score (nSPS) is 20.6. The van der Waals surface area contributed by atoms with Crippen molar-refractivity contribution in [3.63, 3.8) is 0 Å². The van der Waals surface area contributed by atoms with Gasteiger partial charge in [0.05, 0.1) is 18.3 Å². The van der Waals surface area contributed by atoms with E-state index < -0.39 is 11.7 Å². The molecule has 0 bridgehead atoms. The number of anilines is 1. The number of esters is 2. The zero-order valence-corrected chi connectivity index (χ0v) is 18.6. The monoisotopic (exact) mass is 445 g/mol. The number of carbonyl (C=O) groups is 2. The zero-order valence-electron chi connectivity index (χ0n) is 18.6. The van der Waals surface area contributed by atoms with Gasteiger partial charge in [0.2, 0.25) is 5.95 Å². The van der Waals surface area contributed by atoms with Crippen molar-refractivity contribution >= 4 is 29.1 Å². The van der Waals surface area contributed by atoms with Crippen molar-refractivity contribution in [3.8, 4) is 0 Å². The van der Waals surface area contributed by atoms with Crippen LogP contribution in [0.3, 0.4) is 0 Å². The first-order valence-corrected chi connectivity index (χ1v) is 11.1. The number of imidazole rings is 1. The highest BCUT2D eigenvalue weighted by molar-refractivity contribution is 5.71. The Balaban J connectivity index is 1.84. The molecule has 0 aliphatic heterocycles. The van der Waals surface area contributed by atoms with Crippen LogP contribution in [-0.4, -0.2) is 44.2 Å². The van der Waals surface area contributed by atoms with Crippen LogP contribution in [-0.2, 0) is 19.1 Å². The summed E-state index contributed by atoms with van der Waals surface area (Å²) in [6.07, 6.45) is 5.36. The molecule has 1 aliphatic rings. The highest BCUT2D eigenvalue weighted by Gasteiger charge is 2.42. The summed E-state index contributed by atoms with van der Waals surface area (Å²) in [7, 11) is 0. The molecule has 1 fully saturated rings. The van der Waals surface area contributed by atoms with Gasteiger partial charge in [0.1, 0.15) is 12.7 Å². The van der Waals surface area contributed by atoms with Gasteiger partial charge < -0.3 is 19.8 Å². The highest BCUT2D eigenvalue weighted by atomic mass is 16.6. The number of unbranched alkanes of at least 4 members (excludes halogenated alkanes) is 2. The van der Waals surface area contributed by atoms with Gasteiger partial charge in [0, 0.05) is 19.3 Å². The second kappa shape index (κ2) is 10.4. The van der Waals surface area contributed by atoms with Crippen LogP contribution in [0.4, 0.5) is 5.95 Å². The molecule has 3 rings (SSSR count).